The minimum absolute atomic E-state index is 0.0519. The van der Waals surface area contributed by atoms with Crippen molar-refractivity contribution in [2.24, 2.45) is 28.6 Å². The number of ketones is 1. The van der Waals surface area contributed by atoms with Crippen molar-refractivity contribution in [3.63, 3.8) is 0 Å². The van der Waals surface area contributed by atoms with E-state index in [1.54, 1.807) is 6.08 Å². The monoisotopic (exact) mass is 342 g/mol. The number of allylic oxidation sites excluding steroid dienone is 4. The second kappa shape index (κ2) is 5.82. The molecule has 0 amide bonds. The predicted molar refractivity (Wildman–Crippen MR) is 96.8 cm³/mol. The molecule has 25 heavy (non-hydrogen) atoms. The van der Waals surface area contributed by atoms with Crippen LogP contribution in [0, 0.1) is 28.6 Å². The van der Waals surface area contributed by atoms with Crippen molar-refractivity contribution < 1.29 is 14.3 Å². The van der Waals surface area contributed by atoms with Crippen LogP contribution in [0.15, 0.2) is 23.8 Å². The van der Waals surface area contributed by atoms with E-state index in [9.17, 15) is 9.59 Å². The summed E-state index contributed by atoms with van der Waals surface area (Å²) in [6.45, 7) is 6.58. The van der Waals surface area contributed by atoms with Crippen molar-refractivity contribution in [3.8, 4) is 0 Å². The fourth-order valence-electron chi connectivity index (χ4n) is 6.59. The topological polar surface area (TPSA) is 43.4 Å². The van der Waals surface area contributed by atoms with Gasteiger partial charge in [-0.25, -0.2) is 0 Å². The highest BCUT2D eigenvalue weighted by atomic mass is 16.5. The van der Waals surface area contributed by atoms with E-state index in [2.05, 4.69) is 19.9 Å². The number of carbonyl (C=O) groups is 2. The highest BCUT2D eigenvalue weighted by Crippen LogP contribution is 2.64. The van der Waals surface area contributed by atoms with Crippen LogP contribution < -0.4 is 0 Å². The maximum Gasteiger partial charge on any atom is 0.305 e. The van der Waals surface area contributed by atoms with E-state index in [-0.39, 0.29) is 28.7 Å². The Balaban J connectivity index is 1.60. The number of hydrogen-bond acceptors (Lipinski definition) is 3. The van der Waals surface area contributed by atoms with Crippen molar-refractivity contribution in [1.29, 1.82) is 0 Å². The van der Waals surface area contributed by atoms with E-state index >= 15 is 0 Å². The molecule has 4 rings (SSSR count). The van der Waals surface area contributed by atoms with Gasteiger partial charge in [-0.2, -0.15) is 0 Å². The van der Waals surface area contributed by atoms with Crippen LogP contribution in [0.3, 0.4) is 0 Å². The number of ether oxygens (including phenoxy) is 1. The molecule has 0 bridgehead atoms. The van der Waals surface area contributed by atoms with Crippen molar-refractivity contribution >= 4 is 11.8 Å². The van der Waals surface area contributed by atoms with Crippen LogP contribution >= 0.6 is 0 Å². The molecule has 0 aliphatic heterocycles. The van der Waals surface area contributed by atoms with Gasteiger partial charge in [0.25, 0.3) is 0 Å². The van der Waals surface area contributed by atoms with E-state index < -0.39 is 0 Å². The highest BCUT2D eigenvalue weighted by Gasteiger charge is 2.59. The third kappa shape index (κ3) is 2.45. The molecule has 0 heterocycles. The van der Waals surface area contributed by atoms with Crippen LogP contribution in [0.5, 0.6) is 0 Å². The molecule has 4 aliphatic carbocycles. The molecular formula is C22H30O3. The van der Waals surface area contributed by atoms with E-state index in [0.717, 1.165) is 19.3 Å². The first-order valence-electron chi connectivity index (χ1n) is 10.0. The molecule has 6 atom stereocenters. The number of rotatable bonds is 2. The van der Waals surface area contributed by atoms with Gasteiger partial charge < -0.3 is 4.74 Å². The molecule has 3 nitrogen and oxygen atoms in total. The second-order valence-corrected chi connectivity index (χ2v) is 9.06. The fourth-order valence-corrected chi connectivity index (χ4v) is 6.59. The van der Waals surface area contributed by atoms with E-state index in [4.69, 9.17) is 4.74 Å². The first-order valence-corrected chi connectivity index (χ1v) is 10.0. The standard InChI is InChI=1S/C22H30O3/c1-4-20(24)25-19-8-7-17-16-6-5-14-13-15(23)9-11-21(14,2)18(16)10-12-22(17,19)3/h9,11,13,16-19H,4-8,10,12H2,1-3H3/t16?,17?,18?,19-,21-,22-/m0/s1. The second-order valence-electron chi connectivity index (χ2n) is 9.06. The molecule has 0 aromatic heterocycles. The van der Waals surface area contributed by atoms with E-state index in [1.807, 2.05) is 13.0 Å². The summed E-state index contributed by atoms with van der Waals surface area (Å²) in [4.78, 5) is 23.7. The van der Waals surface area contributed by atoms with Gasteiger partial charge in [-0.15, -0.1) is 0 Å². The summed E-state index contributed by atoms with van der Waals surface area (Å²) in [6.07, 6.45) is 13.1. The minimum atomic E-state index is -0.0523. The fraction of sp³-hybridized carbons (Fsp3) is 0.727. The van der Waals surface area contributed by atoms with Crippen molar-refractivity contribution in [2.75, 3.05) is 0 Å². The molecule has 0 saturated heterocycles. The van der Waals surface area contributed by atoms with Crippen molar-refractivity contribution in [3.05, 3.63) is 23.8 Å². The lowest BCUT2D eigenvalue weighted by atomic mass is 9.48. The predicted octanol–water partition coefficient (Wildman–Crippen LogP) is 4.62. The van der Waals surface area contributed by atoms with Gasteiger partial charge in [0.2, 0.25) is 0 Å². The Hall–Kier alpha value is -1.38. The Morgan fingerprint density at radius 1 is 1.20 bits per heavy atom. The Morgan fingerprint density at radius 2 is 2.00 bits per heavy atom. The Kier molecular flexibility index (Phi) is 3.97. The van der Waals surface area contributed by atoms with Gasteiger partial charge in [0.15, 0.2) is 5.78 Å². The SMILES string of the molecule is CCC(=O)O[C@H]1CCC2C3CCC4=CC(=O)C=C[C@]4(C)C3CC[C@@]21C. The average molecular weight is 342 g/mol. The van der Waals surface area contributed by atoms with E-state index in [1.165, 1.54) is 24.8 Å². The zero-order valence-electron chi connectivity index (χ0n) is 15.7. The highest BCUT2D eigenvalue weighted by molar-refractivity contribution is 6.01. The summed E-state index contributed by atoms with van der Waals surface area (Å²) in [5.41, 5.74) is 1.53. The van der Waals surface area contributed by atoms with Gasteiger partial charge in [-0.05, 0) is 68.4 Å². The molecule has 0 aromatic carbocycles. The molecule has 3 heteroatoms. The van der Waals surface area contributed by atoms with Crippen LogP contribution in [-0.4, -0.2) is 17.9 Å². The maximum atomic E-state index is 11.9. The molecule has 0 aromatic rings. The molecule has 3 saturated carbocycles. The average Bonchev–Trinajstić information content (AvgIpc) is 2.92. The molecule has 0 spiro atoms. The van der Waals surface area contributed by atoms with Crippen LogP contribution in [0.4, 0.5) is 0 Å². The Labute approximate surface area is 150 Å². The van der Waals surface area contributed by atoms with Crippen LogP contribution in [0.25, 0.3) is 0 Å². The summed E-state index contributed by atoms with van der Waals surface area (Å²) in [6, 6.07) is 0. The van der Waals surface area contributed by atoms with Gasteiger partial charge in [0.1, 0.15) is 6.10 Å². The molecule has 0 N–H and O–H groups in total. The largest absolute Gasteiger partial charge is 0.462 e. The van der Waals surface area contributed by atoms with Gasteiger partial charge >= 0.3 is 5.97 Å². The van der Waals surface area contributed by atoms with Gasteiger partial charge in [-0.3, -0.25) is 9.59 Å². The molecular weight excluding hydrogens is 312 g/mol. The number of esters is 1. The zero-order chi connectivity index (χ0) is 17.8. The molecule has 0 radical (unpaired) electrons. The number of hydrogen-bond donors (Lipinski definition) is 0. The quantitative estimate of drug-likeness (QED) is 0.688. The smallest absolute Gasteiger partial charge is 0.305 e. The summed E-state index contributed by atoms with van der Waals surface area (Å²) in [7, 11) is 0. The molecule has 4 aliphatic rings. The Bertz CT molecular complexity index is 660. The summed E-state index contributed by atoms with van der Waals surface area (Å²) in [5.74, 6) is 2.05. The van der Waals surface area contributed by atoms with Crippen LogP contribution in [0.2, 0.25) is 0 Å². The van der Waals surface area contributed by atoms with Gasteiger partial charge in [0.05, 0.1) is 0 Å². The molecule has 136 valence electrons. The molecule has 3 unspecified atom stereocenters. The first-order chi connectivity index (χ1) is 11.9. The third-order valence-corrected chi connectivity index (χ3v) is 8.03. The van der Waals surface area contributed by atoms with Crippen LogP contribution in [-0.2, 0) is 14.3 Å². The minimum Gasteiger partial charge on any atom is -0.462 e. The number of carbonyl (C=O) groups excluding carboxylic acids is 2. The normalized spacial score (nSPS) is 45.2. The van der Waals surface area contributed by atoms with Gasteiger partial charge in [-0.1, -0.05) is 32.4 Å². The van der Waals surface area contributed by atoms with E-state index in [0.29, 0.717) is 24.2 Å². The van der Waals surface area contributed by atoms with Gasteiger partial charge in [0, 0.05) is 17.3 Å². The summed E-state index contributed by atoms with van der Waals surface area (Å²) >= 11 is 0. The zero-order valence-corrected chi connectivity index (χ0v) is 15.7. The summed E-state index contributed by atoms with van der Waals surface area (Å²) in [5, 5.41) is 0. The lowest BCUT2D eigenvalue weighted by Crippen LogP contribution is -2.51. The Morgan fingerprint density at radius 3 is 2.76 bits per heavy atom. The first kappa shape index (κ1) is 17.1. The number of fused-ring (bicyclic) bond motifs is 5. The third-order valence-electron chi connectivity index (χ3n) is 8.03. The van der Waals surface area contributed by atoms with Crippen molar-refractivity contribution in [1.82, 2.24) is 0 Å². The lowest BCUT2D eigenvalue weighted by molar-refractivity contribution is -0.158. The molecule has 3 fully saturated rings. The van der Waals surface area contributed by atoms with Crippen LogP contribution in [0.1, 0.15) is 65.7 Å². The summed E-state index contributed by atoms with van der Waals surface area (Å²) < 4.78 is 5.85. The maximum absolute atomic E-state index is 11.9. The lowest BCUT2D eigenvalue weighted by Gasteiger charge is -2.56. The van der Waals surface area contributed by atoms with Crippen molar-refractivity contribution in [2.45, 2.75) is 71.8 Å².